The van der Waals surface area contributed by atoms with Gasteiger partial charge in [-0.05, 0) is 0 Å². The molecule has 1 aliphatic heterocycles. The highest BCUT2D eigenvalue weighted by molar-refractivity contribution is 6.30. The Morgan fingerprint density at radius 1 is 1.44 bits per heavy atom. The molecule has 0 amide bonds. The predicted molar refractivity (Wildman–Crippen MR) is 65.0 cm³/mol. The number of aromatic nitrogens is 4. The summed E-state index contributed by atoms with van der Waals surface area (Å²) in [5.74, 6) is 1.92. The Hall–Kier alpha value is -1.40. The molecule has 2 aromatic heterocycles. The van der Waals surface area contributed by atoms with E-state index in [1.807, 2.05) is 10.9 Å². The van der Waals surface area contributed by atoms with Crippen molar-refractivity contribution in [1.29, 1.82) is 0 Å². The van der Waals surface area contributed by atoms with Gasteiger partial charge in [0.15, 0.2) is 0 Å². The molecule has 7 heteroatoms. The lowest BCUT2D eigenvalue weighted by Crippen LogP contribution is -2.47. The van der Waals surface area contributed by atoms with Gasteiger partial charge in [-0.3, -0.25) is 9.58 Å². The summed E-state index contributed by atoms with van der Waals surface area (Å²) in [6.07, 6.45) is 3.52. The van der Waals surface area contributed by atoms with Gasteiger partial charge in [0, 0.05) is 38.7 Å². The van der Waals surface area contributed by atoms with E-state index in [9.17, 15) is 0 Å². The Bertz CT molecular complexity index is 485. The van der Waals surface area contributed by atoms with E-state index in [-0.39, 0.29) is 0 Å². The van der Waals surface area contributed by atoms with E-state index < -0.39 is 0 Å². The fourth-order valence-electron chi connectivity index (χ4n) is 2.22. The van der Waals surface area contributed by atoms with E-state index in [4.69, 9.17) is 16.0 Å². The van der Waals surface area contributed by atoms with Crippen LogP contribution >= 0.6 is 11.6 Å². The first-order chi connectivity index (χ1) is 8.69. The Kier molecular flexibility index (Phi) is 3.05. The van der Waals surface area contributed by atoms with Gasteiger partial charge in [-0.2, -0.15) is 5.10 Å². The Morgan fingerprint density at radius 2 is 2.28 bits per heavy atom. The highest BCUT2D eigenvalue weighted by atomic mass is 35.5. The van der Waals surface area contributed by atoms with Crippen LogP contribution in [0.1, 0.15) is 11.8 Å². The molecule has 0 radical (unpaired) electrons. The van der Waals surface area contributed by atoms with Gasteiger partial charge in [0.2, 0.25) is 11.8 Å². The minimum atomic E-state index is 0.616. The molecule has 96 valence electrons. The minimum Gasteiger partial charge on any atom is -0.424 e. The third-order valence-electron chi connectivity index (χ3n) is 3.01. The van der Waals surface area contributed by atoms with Gasteiger partial charge in [-0.25, -0.2) is 0 Å². The molecule has 18 heavy (non-hydrogen) atoms. The van der Waals surface area contributed by atoms with Crippen molar-refractivity contribution < 1.29 is 4.42 Å². The average Bonchev–Trinajstić information content (AvgIpc) is 2.85. The number of aryl methyl sites for hydroxylation is 1. The van der Waals surface area contributed by atoms with Crippen LogP contribution < -0.4 is 0 Å². The van der Waals surface area contributed by atoms with Crippen molar-refractivity contribution in [2.45, 2.75) is 20.0 Å². The van der Waals surface area contributed by atoms with Crippen molar-refractivity contribution in [1.82, 2.24) is 24.9 Å². The quantitative estimate of drug-likeness (QED) is 0.837. The zero-order valence-corrected chi connectivity index (χ0v) is 10.8. The number of likely N-dealkylation sites (tertiary alicyclic amines) is 1. The third-order valence-corrected chi connectivity index (χ3v) is 3.20. The summed E-state index contributed by atoms with van der Waals surface area (Å²) < 4.78 is 7.24. The summed E-state index contributed by atoms with van der Waals surface area (Å²) >= 11 is 5.82. The van der Waals surface area contributed by atoms with E-state index in [1.54, 1.807) is 13.1 Å². The second-order valence-corrected chi connectivity index (χ2v) is 5.09. The fourth-order valence-corrected chi connectivity index (χ4v) is 2.37. The normalized spacial score (nSPS) is 17.0. The minimum absolute atomic E-state index is 0.616. The maximum absolute atomic E-state index is 5.82. The number of nitrogens with zero attached hydrogens (tertiary/aromatic N) is 5. The number of hydrogen-bond donors (Lipinski definition) is 0. The zero-order chi connectivity index (χ0) is 12.5. The molecule has 2 aromatic rings. The van der Waals surface area contributed by atoms with Gasteiger partial charge in [-0.15, -0.1) is 10.2 Å². The maximum atomic E-state index is 5.82. The smallest absolute Gasteiger partial charge is 0.230 e. The van der Waals surface area contributed by atoms with Crippen molar-refractivity contribution >= 4 is 11.6 Å². The van der Waals surface area contributed by atoms with Crippen LogP contribution in [0.15, 0.2) is 16.8 Å². The van der Waals surface area contributed by atoms with Crippen molar-refractivity contribution in [2.24, 2.45) is 5.92 Å². The molecule has 0 spiro atoms. The van der Waals surface area contributed by atoms with Gasteiger partial charge in [0.25, 0.3) is 0 Å². The molecule has 3 heterocycles. The van der Waals surface area contributed by atoms with E-state index in [0.717, 1.165) is 26.2 Å². The predicted octanol–water partition coefficient (Wildman–Crippen LogP) is 1.36. The van der Waals surface area contributed by atoms with Gasteiger partial charge in [0.1, 0.15) is 0 Å². The van der Waals surface area contributed by atoms with Crippen LogP contribution in [-0.2, 0) is 13.1 Å². The van der Waals surface area contributed by atoms with Crippen LogP contribution in [0.3, 0.4) is 0 Å². The van der Waals surface area contributed by atoms with Crippen molar-refractivity contribution in [3.63, 3.8) is 0 Å². The Labute approximate surface area is 110 Å². The molecule has 0 bridgehead atoms. The topological polar surface area (TPSA) is 60.0 Å². The SMILES string of the molecule is Cc1nnc(CN2CC(Cn3cc(Cl)cn3)C2)o1. The monoisotopic (exact) mass is 267 g/mol. The van der Waals surface area contributed by atoms with E-state index in [1.165, 1.54) is 0 Å². The molecular weight excluding hydrogens is 254 g/mol. The second-order valence-electron chi connectivity index (χ2n) is 4.66. The summed E-state index contributed by atoms with van der Waals surface area (Å²) in [5, 5.41) is 12.7. The molecule has 0 aliphatic carbocycles. The fraction of sp³-hybridized carbons (Fsp3) is 0.545. The summed E-state index contributed by atoms with van der Waals surface area (Å²) in [7, 11) is 0. The summed E-state index contributed by atoms with van der Waals surface area (Å²) in [6, 6.07) is 0. The molecule has 1 aliphatic rings. The lowest BCUT2D eigenvalue weighted by molar-refractivity contribution is 0.0688. The van der Waals surface area contributed by atoms with Crippen LogP contribution in [0, 0.1) is 12.8 Å². The Balaban J connectivity index is 1.46. The first-order valence-corrected chi connectivity index (χ1v) is 6.26. The van der Waals surface area contributed by atoms with Crippen molar-refractivity contribution in [3.8, 4) is 0 Å². The summed E-state index contributed by atoms with van der Waals surface area (Å²) in [4.78, 5) is 2.28. The largest absolute Gasteiger partial charge is 0.424 e. The number of rotatable bonds is 4. The molecule has 0 N–H and O–H groups in total. The van der Waals surface area contributed by atoms with Gasteiger partial charge in [0.05, 0.1) is 17.8 Å². The highest BCUT2D eigenvalue weighted by Crippen LogP contribution is 2.20. The van der Waals surface area contributed by atoms with Crippen LogP contribution in [0.5, 0.6) is 0 Å². The first kappa shape index (κ1) is 11.7. The number of hydrogen-bond acceptors (Lipinski definition) is 5. The van der Waals surface area contributed by atoms with Crippen molar-refractivity contribution in [3.05, 3.63) is 29.2 Å². The third kappa shape index (κ3) is 2.54. The molecule has 0 saturated carbocycles. The standard InChI is InChI=1S/C11H14ClN5O/c1-8-14-15-11(18-8)7-16-3-9(4-16)5-17-6-10(12)2-13-17/h2,6,9H,3-5,7H2,1H3. The highest BCUT2D eigenvalue weighted by Gasteiger charge is 2.28. The molecule has 0 atom stereocenters. The van der Waals surface area contributed by atoms with Crippen LogP contribution in [0.4, 0.5) is 0 Å². The van der Waals surface area contributed by atoms with Crippen molar-refractivity contribution in [2.75, 3.05) is 13.1 Å². The summed E-state index contributed by atoms with van der Waals surface area (Å²) in [5.41, 5.74) is 0. The molecular formula is C11H14ClN5O. The lowest BCUT2D eigenvalue weighted by Gasteiger charge is -2.38. The molecule has 6 nitrogen and oxygen atoms in total. The van der Waals surface area contributed by atoms with Crippen LogP contribution in [0.2, 0.25) is 5.02 Å². The maximum Gasteiger partial charge on any atom is 0.230 e. The molecule has 0 aromatic carbocycles. The van der Waals surface area contributed by atoms with E-state index in [0.29, 0.717) is 22.7 Å². The average molecular weight is 268 g/mol. The Morgan fingerprint density at radius 3 is 2.89 bits per heavy atom. The van der Waals surface area contributed by atoms with Crippen LogP contribution in [0.25, 0.3) is 0 Å². The second kappa shape index (κ2) is 4.70. The van der Waals surface area contributed by atoms with Gasteiger partial charge in [-0.1, -0.05) is 11.6 Å². The van der Waals surface area contributed by atoms with E-state index in [2.05, 4.69) is 20.2 Å². The van der Waals surface area contributed by atoms with Gasteiger partial charge < -0.3 is 4.42 Å². The zero-order valence-electron chi connectivity index (χ0n) is 10.1. The molecule has 1 saturated heterocycles. The molecule has 3 rings (SSSR count). The molecule has 0 unspecified atom stereocenters. The van der Waals surface area contributed by atoms with Gasteiger partial charge >= 0.3 is 0 Å². The lowest BCUT2D eigenvalue weighted by atomic mass is 10.0. The molecule has 1 fully saturated rings. The first-order valence-electron chi connectivity index (χ1n) is 5.88. The number of halogens is 1. The van der Waals surface area contributed by atoms with E-state index >= 15 is 0 Å². The van der Waals surface area contributed by atoms with Crippen LogP contribution in [-0.4, -0.2) is 38.0 Å². The summed E-state index contributed by atoms with van der Waals surface area (Å²) in [6.45, 7) is 5.50.